The summed E-state index contributed by atoms with van der Waals surface area (Å²) in [5.74, 6) is 13.0. The van der Waals surface area contributed by atoms with E-state index in [4.69, 9.17) is 0 Å². The Balaban J connectivity index is 1.63. The zero-order valence-electron chi connectivity index (χ0n) is 15.9. The predicted octanol–water partition coefficient (Wildman–Crippen LogP) is 6.23. The van der Waals surface area contributed by atoms with E-state index >= 15 is 0 Å². The first-order valence-corrected chi connectivity index (χ1v) is 9.48. The third-order valence-electron chi connectivity index (χ3n) is 4.35. The summed E-state index contributed by atoms with van der Waals surface area (Å²) in [5.41, 5.74) is 5.81. The summed E-state index contributed by atoms with van der Waals surface area (Å²) in [6.07, 6.45) is 0. The molecule has 0 bridgehead atoms. The summed E-state index contributed by atoms with van der Waals surface area (Å²) in [6, 6.07) is 36.2. The number of anilines is 2. The van der Waals surface area contributed by atoms with Crippen LogP contribution in [0.5, 0.6) is 0 Å². The van der Waals surface area contributed by atoms with Gasteiger partial charge in [-0.25, -0.2) is 0 Å². The van der Waals surface area contributed by atoms with Crippen LogP contribution in [0.2, 0.25) is 0 Å². The van der Waals surface area contributed by atoms with Gasteiger partial charge >= 0.3 is 0 Å². The van der Waals surface area contributed by atoms with Gasteiger partial charge in [-0.1, -0.05) is 84.3 Å². The Kier molecular flexibility index (Phi) is 5.73. The van der Waals surface area contributed by atoms with Crippen LogP contribution in [0.4, 0.5) is 11.4 Å². The van der Waals surface area contributed by atoms with Crippen LogP contribution in [0.25, 0.3) is 0 Å². The van der Waals surface area contributed by atoms with E-state index in [1.807, 2.05) is 109 Å². The van der Waals surface area contributed by atoms with Crippen molar-refractivity contribution in [2.24, 2.45) is 0 Å². The SMILES string of the molecule is C(#Cc1ccccc1Nc1ccccc1C#Cc1ccccc1)c1ccccc1. The number of benzene rings is 4. The average molecular weight is 369 g/mol. The summed E-state index contributed by atoms with van der Waals surface area (Å²) in [4.78, 5) is 0. The molecule has 1 heteroatoms. The second-order valence-electron chi connectivity index (χ2n) is 6.45. The Hall–Kier alpha value is -4.20. The molecule has 0 heterocycles. The highest BCUT2D eigenvalue weighted by Crippen LogP contribution is 2.23. The Morgan fingerprint density at radius 1 is 0.379 bits per heavy atom. The largest absolute Gasteiger partial charge is 0.353 e. The molecule has 0 saturated heterocycles. The predicted molar refractivity (Wildman–Crippen MR) is 121 cm³/mol. The van der Waals surface area contributed by atoms with E-state index in [0.717, 1.165) is 33.6 Å². The van der Waals surface area contributed by atoms with Crippen molar-refractivity contribution < 1.29 is 0 Å². The lowest BCUT2D eigenvalue weighted by Crippen LogP contribution is -1.96. The van der Waals surface area contributed by atoms with Gasteiger partial charge in [0.05, 0.1) is 11.4 Å². The fourth-order valence-corrected chi connectivity index (χ4v) is 2.87. The molecule has 4 aromatic carbocycles. The first-order valence-electron chi connectivity index (χ1n) is 9.48. The van der Waals surface area contributed by atoms with Gasteiger partial charge in [0.25, 0.3) is 0 Å². The monoisotopic (exact) mass is 369 g/mol. The highest BCUT2D eigenvalue weighted by atomic mass is 14.9. The normalized spacial score (nSPS) is 9.52. The standard InChI is InChI=1S/C28H19N/c1-3-11-23(12-4-1)19-21-25-15-7-9-17-27(25)29-28-18-10-8-16-26(28)22-20-24-13-5-2-6-14-24/h1-18,29H. The minimum absolute atomic E-state index is 0.946. The Bertz CT molecular complexity index is 1120. The van der Waals surface area contributed by atoms with E-state index in [-0.39, 0.29) is 0 Å². The Morgan fingerprint density at radius 2 is 0.759 bits per heavy atom. The van der Waals surface area contributed by atoms with Crippen molar-refractivity contribution in [3.8, 4) is 23.7 Å². The molecular formula is C28H19N. The number of nitrogens with one attached hydrogen (secondary N) is 1. The zero-order chi connectivity index (χ0) is 19.7. The number of para-hydroxylation sites is 2. The van der Waals surface area contributed by atoms with Crippen LogP contribution in [0, 0.1) is 23.7 Å². The molecule has 0 aliphatic carbocycles. The van der Waals surface area contributed by atoms with Gasteiger partial charge in [0, 0.05) is 22.3 Å². The summed E-state index contributed by atoms with van der Waals surface area (Å²) in [5, 5.41) is 3.51. The number of hydrogen-bond acceptors (Lipinski definition) is 1. The molecule has 0 saturated carbocycles. The van der Waals surface area contributed by atoms with Crippen molar-refractivity contribution in [3.63, 3.8) is 0 Å². The lowest BCUT2D eigenvalue weighted by atomic mass is 10.1. The summed E-state index contributed by atoms with van der Waals surface area (Å²) < 4.78 is 0. The van der Waals surface area contributed by atoms with Gasteiger partial charge in [0.2, 0.25) is 0 Å². The molecule has 0 amide bonds. The molecule has 4 rings (SSSR count). The lowest BCUT2D eigenvalue weighted by molar-refractivity contribution is 1.50. The molecule has 136 valence electrons. The maximum atomic E-state index is 3.51. The minimum atomic E-state index is 0.946. The third kappa shape index (κ3) is 4.95. The first kappa shape index (κ1) is 18.2. The molecule has 0 aliphatic heterocycles. The molecular weight excluding hydrogens is 350 g/mol. The van der Waals surface area contributed by atoms with Gasteiger partial charge in [-0.15, -0.1) is 0 Å². The van der Waals surface area contributed by atoms with Crippen LogP contribution < -0.4 is 5.32 Å². The van der Waals surface area contributed by atoms with Crippen LogP contribution in [0.15, 0.2) is 109 Å². The maximum Gasteiger partial charge on any atom is 0.0543 e. The molecule has 0 spiro atoms. The maximum absolute atomic E-state index is 3.51. The van der Waals surface area contributed by atoms with Crippen molar-refractivity contribution in [2.75, 3.05) is 5.32 Å². The van der Waals surface area contributed by atoms with Gasteiger partial charge in [-0.3, -0.25) is 0 Å². The quantitative estimate of drug-likeness (QED) is 0.413. The van der Waals surface area contributed by atoms with Crippen molar-refractivity contribution in [2.45, 2.75) is 0 Å². The average Bonchev–Trinajstić information content (AvgIpc) is 2.79. The van der Waals surface area contributed by atoms with Crippen molar-refractivity contribution in [3.05, 3.63) is 131 Å². The number of rotatable bonds is 2. The minimum Gasteiger partial charge on any atom is -0.353 e. The molecule has 0 radical (unpaired) electrons. The van der Waals surface area contributed by atoms with Gasteiger partial charge < -0.3 is 5.32 Å². The van der Waals surface area contributed by atoms with E-state index < -0.39 is 0 Å². The van der Waals surface area contributed by atoms with E-state index in [0.29, 0.717) is 0 Å². The zero-order valence-corrected chi connectivity index (χ0v) is 15.9. The van der Waals surface area contributed by atoms with E-state index in [9.17, 15) is 0 Å². The van der Waals surface area contributed by atoms with Gasteiger partial charge in [-0.05, 0) is 48.5 Å². The van der Waals surface area contributed by atoms with Crippen LogP contribution in [0.3, 0.4) is 0 Å². The molecule has 1 nitrogen and oxygen atoms in total. The summed E-state index contributed by atoms with van der Waals surface area (Å²) in [6.45, 7) is 0. The van der Waals surface area contributed by atoms with E-state index in [1.165, 1.54) is 0 Å². The van der Waals surface area contributed by atoms with Gasteiger partial charge in [0.15, 0.2) is 0 Å². The molecule has 0 aromatic heterocycles. The molecule has 0 fully saturated rings. The first-order chi connectivity index (χ1) is 14.4. The van der Waals surface area contributed by atoms with Crippen LogP contribution >= 0.6 is 0 Å². The molecule has 0 atom stereocenters. The Labute approximate surface area is 172 Å². The van der Waals surface area contributed by atoms with E-state index in [1.54, 1.807) is 0 Å². The highest BCUT2D eigenvalue weighted by Gasteiger charge is 2.03. The molecule has 1 N–H and O–H groups in total. The van der Waals surface area contributed by atoms with E-state index in [2.05, 4.69) is 29.0 Å². The molecule has 0 unspecified atom stereocenters. The fourth-order valence-electron chi connectivity index (χ4n) is 2.87. The molecule has 0 aliphatic rings. The van der Waals surface area contributed by atoms with Crippen LogP contribution in [-0.4, -0.2) is 0 Å². The summed E-state index contributed by atoms with van der Waals surface area (Å²) >= 11 is 0. The van der Waals surface area contributed by atoms with Crippen molar-refractivity contribution >= 4 is 11.4 Å². The summed E-state index contributed by atoms with van der Waals surface area (Å²) in [7, 11) is 0. The second-order valence-corrected chi connectivity index (χ2v) is 6.45. The fraction of sp³-hybridized carbons (Fsp3) is 0. The van der Waals surface area contributed by atoms with Crippen molar-refractivity contribution in [1.82, 2.24) is 0 Å². The van der Waals surface area contributed by atoms with Gasteiger partial charge in [0.1, 0.15) is 0 Å². The Morgan fingerprint density at radius 3 is 1.21 bits per heavy atom. The molecule has 29 heavy (non-hydrogen) atoms. The second kappa shape index (κ2) is 9.14. The van der Waals surface area contributed by atoms with Crippen LogP contribution in [0.1, 0.15) is 22.3 Å². The topological polar surface area (TPSA) is 12.0 Å². The van der Waals surface area contributed by atoms with Crippen molar-refractivity contribution in [1.29, 1.82) is 0 Å². The smallest absolute Gasteiger partial charge is 0.0543 e. The third-order valence-corrected chi connectivity index (χ3v) is 4.35. The van der Waals surface area contributed by atoms with Gasteiger partial charge in [-0.2, -0.15) is 0 Å². The molecule has 4 aromatic rings. The lowest BCUT2D eigenvalue weighted by Gasteiger charge is -2.10. The van der Waals surface area contributed by atoms with Crippen LogP contribution in [-0.2, 0) is 0 Å². The number of hydrogen-bond donors (Lipinski definition) is 1. The highest BCUT2D eigenvalue weighted by molar-refractivity contribution is 5.72.